The summed E-state index contributed by atoms with van der Waals surface area (Å²) >= 11 is 12.2. The molecule has 0 aliphatic carbocycles. The summed E-state index contributed by atoms with van der Waals surface area (Å²) in [5.41, 5.74) is 1.20. The number of aromatic nitrogens is 2. The molecule has 0 amide bonds. The van der Waals surface area contributed by atoms with E-state index in [9.17, 15) is 14.7 Å². The van der Waals surface area contributed by atoms with Gasteiger partial charge in [-0.1, -0.05) is 65.7 Å². The van der Waals surface area contributed by atoms with Crippen molar-refractivity contribution in [1.82, 2.24) is 9.55 Å². The number of nitrogens with one attached hydrogen (secondary N) is 1. The maximum atomic E-state index is 12.8. The Hall–Kier alpha value is -2.83. The van der Waals surface area contributed by atoms with E-state index in [0.717, 1.165) is 10.1 Å². The SMILES string of the molecule is O=C(O)Cn1c(-c2ccccc2)c(Cl)nc(NCc2ccc(Cl)cc2)c1=O. The number of carbonyl (C=O) groups is 1. The molecule has 3 rings (SSSR count). The summed E-state index contributed by atoms with van der Waals surface area (Å²) < 4.78 is 1.11. The number of carboxylic acids is 1. The van der Waals surface area contributed by atoms with E-state index in [-0.39, 0.29) is 16.7 Å². The largest absolute Gasteiger partial charge is 0.480 e. The van der Waals surface area contributed by atoms with Gasteiger partial charge in [-0.25, -0.2) is 4.98 Å². The molecule has 0 fully saturated rings. The van der Waals surface area contributed by atoms with Crippen LogP contribution in [0.1, 0.15) is 5.56 Å². The van der Waals surface area contributed by atoms with Gasteiger partial charge in [0.1, 0.15) is 6.54 Å². The highest BCUT2D eigenvalue weighted by molar-refractivity contribution is 6.32. The number of nitrogens with zero attached hydrogens (tertiary/aromatic N) is 2. The van der Waals surface area contributed by atoms with Crippen LogP contribution in [0.3, 0.4) is 0 Å². The molecule has 0 spiro atoms. The van der Waals surface area contributed by atoms with E-state index in [0.29, 0.717) is 17.1 Å². The summed E-state index contributed by atoms with van der Waals surface area (Å²) in [6.07, 6.45) is 0. The van der Waals surface area contributed by atoms with Gasteiger partial charge in [-0.05, 0) is 17.7 Å². The van der Waals surface area contributed by atoms with Gasteiger partial charge in [0.05, 0.1) is 5.69 Å². The molecule has 8 heteroatoms. The Balaban J connectivity index is 2.01. The second-order valence-corrected chi connectivity index (χ2v) is 6.53. The third kappa shape index (κ3) is 4.48. The van der Waals surface area contributed by atoms with Crippen molar-refractivity contribution in [3.05, 3.63) is 80.7 Å². The van der Waals surface area contributed by atoms with Crippen molar-refractivity contribution in [2.24, 2.45) is 0 Å². The Morgan fingerprint density at radius 1 is 1.07 bits per heavy atom. The molecule has 1 heterocycles. The summed E-state index contributed by atoms with van der Waals surface area (Å²) in [7, 11) is 0. The van der Waals surface area contributed by atoms with E-state index in [1.165, 1.54) is 0 Å². The molecule has 0 saturated heterocycles. The highest BCUT2D eigenvalue weighted by atomic mass is 35.5. The van der Waals surface area contributed by atoms with Crippen molar-refractivity contribution in [3.8, 4) is 11.3 Å². The monoisotopic (exact) mass is 403 g/mol. The first-order valence-electron chi connectivity index (χ1n) is 8.01. The Morgan fingerprint density at radius 2 is 1.74 bits per heavy atom. The second kappa shape index (κ2) is 8.24. The van der Waals surface area contributed by atoms with Gasteiger partial charge >= 0.3 is 5.97 Å². The van der Waals surface area contributed by atoms with Crippen molar-refractivity contribution < 1.29 is 9.90 Å². The first-order valence-corrected chi connectivity index (χ1v) is 8.77. The van der Waals surface area contributed by atoms with Gasteiger partial charge in [-0.3, -0.25) is 14.2 Å². The molecule has 2 aromatic carbocycles. The minimum Gasteiger partial charge on any atom is -0.480 e. The number of halogens is 2. The molecule has 27 heavy (non-hydrogen) atoms. The molecule has 0 atom stereocenters. The van der Waals surface area contributed by atoms with Crippen LogP contribution >= 0.6 is 23.2 Å². The fourth-order valence-electron chi connectivity index (χ4n) is 2.60. The van der Waals surface area contributed by atoms with E-state index < -0.39 is 18.1 Å². The number of anilines is 1. The standard InChI is InChI=1S/C19H15Cl2N3O3/c20-14-8-6-12(7-9-14)10-22-18-19(27)24(11-15(25)26)16(17(21)23-18)13-4-2-1-3-5-13/h1-9H,10-11H2,(H,22,23)(H,25,26). The Morgan fingerprint density at radius 3 is 2.37 bits per heavy atom. The van der Waals surface area contributed by atoms with Crippen molar-refractivity contribution in [2.45, 2.75) is 13.1 Å². The summed E-state index contributed by atoms with van der Waals surface area (Å²) in [6, 6.07) is 15.9. The van der Waals surface area contributed by atoms with Crippen molar-refractivity contribution in [3.63, 3.8) is 0 Å². The lowest BCUT2D eigenvalue weighted by atomic mass is 10.1. The fourth-order valence-corrected chi connectivity index (χ4v) is 3.02. The second-order valence-electron chi connectivity index (χ2n) is 5.73. The third-order valence-electron chi connectivity index (χ3n) is 3.84. The average Bonchev–Trinajstić information content (AvgIpc) is 2.65. The number of aliphatic carboxylic acids is 1. The zero-order valence-electron chi connectivity index (χ0n) is 14.0. The van der Waals surface area contributed by atoms with Gasteiger partial charge in [0, 0.05) is 17.1 Å². The quantitative estimate of drug-likeness (QED) is 0.651. The number of rotatable bonds is 6. The molecule has 0 aliphatic heterocycles. The van der Waals surface area contributed by atoms with Crippen LogP contribution in [0, 0.1) is 0 Å². The van der Waals surface area contributed by atoms with Crippen LogP contribution in [0.25, 0.3) is 11.3 Å². The van der Waals surface area contributed by atoms with Crippen LogP contribution in [0.5, 0.6) is 0 Å². The molecule has 0 radical (unpaired) electrons. The van der Waals surface area contributed by atoms with E-state index in [2.05, 4.69) is 10.3 Å². The van der Waals surface area contributed by atoms with E-state index in [4.69, 9.17) is 23.2 Å². The molecule has 3 aromatic rings. The van der Waals surface area contributed by atoms with Gasteiger partial charge in [0.15, 0.2) is 11.0 Å². The topological polar surface area (TPSA) is 84.2 Å². The molecule has 0 bridgehead atoms. The van der Waals surface area contributed by atoms with Crippen molar-refractivity contribution in [1.29, 1.82) is 0 Å². The number of hydrogen-bond donors (Lipinski definition) is 2. The Labute approximate surface area is 165 Å². The van der Waals surface area contributed by atoms with Gasteiger partial charge in [0.2, 0.25) is 0 Å². The maximum Gasteiger partial charge on any atom is 0.323 e. The zero-order valence-corrected chi connectivity index (χ0v) is 15.5. The summed E-state index contributed by atoms with van der Waals surface area (Å²) in [5.74, 6) is -1.17. The highest BCUT2D eigenvalue weighted by Crippen LogP contribution is 2.26. The van der Waals surface area contributed by atoms with Crippen LogP contribution in [-0.4, -0.2) is 20.6 Å². The molecule has 1 aromatic heterocycles. The highest BCUT2D eigenvalue weighted by Gasteiger charge is 2.18. The lowest BCUT2D eigenvalue weighted by Crippen LogP contribution is -2.29. The van der Waals surface area contributed by atoms with Crippen LogP contribution < -0.4 is 10.9 Å². The summed E-state index contributed by atoms with van der Waals surface area (Å²) in [5, 5.41) is 12.8. The van der Waals surface area contributed by atoms with Crippen LogP contribution in [-0.2, 0) is 17.9 Å². The fraction of sp³-hybridized carbons (Fsp3) is 0.105. The first-order chi connectivity index (χ1) is 13.0. The van der Waals surface area contributed by atoms with Gasteiger partial charge < -0.3 is 10.4 Å². The number of hydrogen-bond acceptors (Lipinski definition) is 4. The molecule has 2 N–H and O–H groups in total. The number of carboxylic acid groups (broad SMARTS) is 1. The molecular formula is C19H15Cl2N3O3. The average molecular weight is 404 g/mol. The minimum atomic E-state index is -1.15. The van der Waals surface area contributed by atoms with Gasteiger partial charge in [-0.15, -0.1) is 0 Å². The van der Waals surface area contributed by atoms with Gasteiger partial charge in [0.25, 0.3) is 5.56 Å². The van der Waals surface area contributed by atoms with E-state index in [1.54, 1.807) is 36.4 Å². The van der Waals surface area contributed by atoms with Crippen LogP contribution in [0.2, 0.25) is 10.2 Å². The lowest BCUT2D eigenvalue weighted by Gasteiger charge is -2.15. The molecule has 0 saturated carbocycles. The molecular weight excluding hydrogens is 389 g/mol. The van der Waals surface area contributed by atoms with Gasteiger partial charge in [-0.2, -0.15) is 0 Å². The van der Waals surface area contributed by atoms with E-state index >= 15 is 0 Å². The Bertz CT molecular complexity index is 1020. The predicted molar refractivity (Wildman–Crippen MR) is 105 cm³/mol. The minimum absolute atomic E-state index is 0.0177. The van der Waals surface area contributed by atoms with E-state index in [1.807, 2.05) is 18.2 Å². The molecule has 0 aliphatic rings. The predicted octanol–water partition coefficient (Wildman–Crippen LogP) is 3.91. The zero-order chi connectivity index (χ0) is 19.4. The molecule has 6 nitrogen and oxygen atoms in total. The normalized spacial score (nSPS) is 10.6. The van der Waals surface area contributed by atoms with Crippen molar-refractivity contribution in [2.75, 3.05) is 5.32 Å². The smallest absolute Gasteiger partial charge is 0.323 e. The number of benzene rings is 2. The molecule has 0 unspecified atom stereocenters. The first kappa shape index (κ1) is 18.9. The van der Waals surface area contributed by atoms with Crippen LogP contribution in [0.15, 0.2) is 59.4 Å². The summed E-state index contributed by atoms with van der Waals surface area (Å²) in [4.78, 5) is 28.3. The van der Waals surface area contributed by atoms with Crippen LogP contribution in [0.4, 0.5) is 5.82 Å². The molecule has 138 valence electrons. The maximum absolute atomic E-state index is 12.8. The van der Waals surface area contributed by atoms with Crippen molar-refractivity contribution >= 4 is 35.0 Å². The summed E-state index contributed by atoms with van der Waals surface area (Å²) in [6.45, 7) is -0.214. The lowest BCUT2D eigenvalue weighted by molar-refractivity contribution is -0.137. The third-order valence-corrected chi connectivity index (χ3v) is 4.35. The Kier molecular flexibility index (Phi) is 5.78.